The number of aliphatic hydroxyl groups is 1. The third kappa shape index (κ3) is 3.42. The molecule has 2 unspecified atom stereocenters. The van der Waals surface area contributed by atoms with Gasteiger partial charge in [0.05, 0.1) is 5.69 Å². The lowest BCUT2D eigenvalue weighted by molar-refractivity contribution is 0.176. The lowest BCUT2D eigenvalue weighted by Gasteiger charge is -2.14. The van der Waals surface area contributed by atoms with Crippen LogP contribution in [-0.2, 0) is 0 Å². The molecule has 3 atom stereocenters. The lowest BCUT2D eigenvalue weighted by Crippen LogP contribution is -2.22. The average molecular weight is 399 g/mol. The minimum atomic E-state index is -0.733. The Kier molecular flexibility index (Phi) is 4.48. The number of hydrogen-bond acceptors (Lipinski definition) is 8. The van der Waals surface area contributed by atoms with Gasteiger partial charge in [-0.1, -0.05) is 0 Å². The maximum atomic E-state index is 10.6. The molecule has 5 rings (SSSR count). The quantitative estimate of drug-likeness (QED) is 0.438. The molecule has 0 saturated heterocycles. The molecule has 1 aliphatic carbocycles. The van der Waals surface area contributed by atoms with Crippen LogP contribution in [0.1, 0.15) is 23.7 Å². The number of nitrogens with one attached hydrogen (secondary N) is 1. The number of hydrogen-bond donors (Lipinski definition) is 3. The highest BCUT2D eigenvalue weighted by Crippen LogP contribution is 2.48. The molecule has 1 saturated carbocycles. The summed E-state index contributed by atoms with van der Waals surface area (Å²) in [6, 6.07) is 7.57. The van der Waals surface area contributed by atoms with Gasteiger partial charge in [-0.2, -0.15) is 0 Å². The fourth-order valence-corrected chi connectivity index (χ4v) is 3.74. The van der Waals surface area contributed by atoms with E-state index in [0.717, 1.165) is 39.8 Å². The van der Waals surface area contributed by atoms with Crippen molar-refractivity contribution in [3.8, 4) is 11.3 Å². The summed E-state index contributed by atoms with van der Waals surface area (Å²) in [7, 11) is 0. The number of anilines is 2. The highest BCUT2D eigenvalue weighted by Gasteiger charge is 2.45. The predicted octanol–water partition coefficient (Wildman–Crippen LogP) is 2.91. The van der Waals surface area contributed by atoms with E-state index in [-0.39, 0.29) is 11.8 Å². The van der Waals surface area contributed by atoms with Crippen LogP contribution in [0.3, 0.4) is 0 Å². The van der Waals surface area contributed by atoms with Crippen LogP contribution in [0.15, 0.2) is 55.2 Å². The first-order valence-electron chi connectivity index (χ1n) is 9.79. The molecule has 4 aromatic heterocycles. The van der Waals surface area contributed by atoms with Crippen molar-refractivity contribution in [1.82, 2.24) is 24.9 Å². The molecular formula is C22H21N7O. The fourth-order valence-electron chi connectivity index (χ4n) is 3.74. The van der Waals surface area contributed by atoms with Crippen LogP contribution >= 0.6 is 0 Å². The van der Waals surface area contributed by atoms with Crippen molar-refractivity contribution < 1.29 is 5.11 Å². The van der Waals surface area contributed by atoms with E-state index in [2.05, 4.69) is 30.2 Å². The molecular weight excluding hydrogens is 378 g/mol. The Morgan fingerprint density at radius 3 is 2.77 bits per heavy atom. The SMILES string of the molecule is Cc1ccncc1-c1cc2cc(NC(O)C3C[C@H]3c3ncccn3)ncc2c(N)n1. The molecule has 1 aliphatic rings. The van der Waals surface area contributed by atoms with E-state index in [4.69, 9.17) is 5.73 Å². The van der Waals surface area contributed by atoms with E-state index in [1.807, 2.05) is 25.1 Å². The summed E-state index contributed by atoms with van der Waals surface area (Å²) in [4.78, 5) is 21.7. The van der Waals surface area contributed by atoms with Crippen LogP contribution in [0.5, 0.6) is 0 Å². The Morgan fingerprint density at radius 2 is 1.97 bits per heavy atom. The van der Waals surface area contributed by atoms with Crippen molar-refractivity contribution in [3.05, 3.63) is 66.6 Å². The number of nitrogens with zero attached hydrogens (tertiary/aromatic N) is 5. The van der Waals surface area contributed by atoms with Gasteiger partial charge in [-0.25, -0.2) is 19.9 Å². The Labute approximate surface area is 173 Å². The average Bonchev–Trinajstić information content (AvgIpc) is 3.56. The molecule has 0 aromatic carbocycles. The summed E-state index contributed by atoms with van der Waals surface area (Å²) in [5.41, 5.74) is 8.94. The molecule has 4 aromatic rings. The second-order valence-corrected chi connectivity index (χ2v) is 7.58. The van der Waals surface area contributed by atoms with E-state index in [0.29, 0.717) is 11.6 Å². The van der Waals surface area contributed by atoms with E-state index < -0.39 is 6.23 Å². The van der Waals surface area contributed by atoms with Gasteiger partial charge >= 0.3 is 0 Å². The van der Waals surface area contributed by atoms with Gasteiger partial charge in [0.1, 0.15) is 23.7 Å². The minimum absolute atomic E-state index is 0.0565. The number of fused-ring (bicyclic) bond motifs is 1. The molecule has 8 nitrogen and oxygen atoms in total. The maximum absolute atomic E-state index is 10.6. The van der Waals surface area contributed by atoms with E-state index >= 15 is 0 Å². The lowest BCUT2D eigenvalue weighted by atomic mass is 10.1. The zero-order valence-corrected chi connectivity index (χ0v) is 16.4. The Bertz CT molecular complexity index is 1210. The van der Waals surface area contributed by atoms with Gasteiger partial charge < -0.3 is 16.2 Å². The third-order valence-electron chi connectivity index (χ3n) is 5.52. The van der Waals surface area contributed by atoms with Gasteiger partial charge in [0.15, 0.2) is 0 Å². The van der Waals surface area contributed by atoms with Crippen molar-refractivity contribution in [1.29, 1.82) is 0 Å². The Hall–Kier alpha value is -3.65. The van der Waals surface area contributed by atoms with Crippen LogP contribution in [0.2, 0.25) is 0 Å². The number of pyridine rings is 3. The van der Waals surface area contributed by atoms with Gasteiger partial charge in [0.2, 0.25) is 0 Å². The van der Waals surface area contributed by atoms with E-state index in [1.165, 1.54) is 0 Å². The van der Waals surface area contributed by atoms with Crippen molar-refractivity contribution in [2.75, 3.05) is 11.1 Å². The molecule has 0 aliphatic heterocycles. The summed E-state index contributed by atoms with van der Waals surface area (Å²) >= 11 is 0. The van der Waals surface area contributed by atoms with Gasteiger partial charge in [0, 0.05) is 53.8 Å². The second kappa shape index (κ2) is 7.31. The standard InChI is InChI=1S/C22H21N7O/c1-12-3-6-24-10-16(12)18-7-13-8-19(27-11-17(13)20(23)28-18)29-22(30)15-9-14(15)21-25-4-2-5-26-21/h2-8,10-11,14-15,22,30H,9H2,1H3,(H2,23,28)(H,27,29)/t14-,15?,22?/m1/s1. The predicted molar refractivity (Wildman–Crippen MR) is 114 cm³/mol. The molecule has 150 valence electrons. The van der Waals surface area contributed by atoms with E-state index in [9.17, 15) is 5.11 Å². The largest absolute Gasteiger partial charge is 0.383 e. The number of aliphatic hydroxyl groups excluding tert-OH is 1. The number of nitrogen functional groups attached to an aromatic ring is 1. The first-order valence-corrected chi connectivity index (χ1v) is 9.79. The molecule has 0 bridgehead atoms. The van der Waals surface area contributed by atoms with Gasteiger partial charge in [-0.05, 0) is 48.6 Å². The van der Waals surface area contributed by atoms with Gasteiger partial charge in [0.25, 0.3) is 0 Å². The zero-order valence-electron chi connectivity index (χ0n) is 16.4. The van der Waals surface area contributed by atoms with E-state index in [1.54, 1.807) is 37.1 Å². The van der Waals surface area contributed by atoms with Crippen LogP contribution in [0.25, 0.3) is 22.0 Å². The number of aryl methyl sites for hydroxylation is 1. The number of nitrogens with two attached hydrogens (primary N) is 1. The highest BCUT2D eigenvalue weighted by atomic mass is 16.3. The zero-order chi connectivity index (χ0) is 20.7. The molecule has 0 radical (unpaired) electrons. The van der Waals surface area contributed by atoms with Gasteiger partial charge in [-0.15, -0.1) is 0 Å². The summed E-state index contributed by atoms with van der Waals surface area (Å²) in [5.74, 6) is 1.98. The smallest absolute Gasteiger partial charge is 0.133 e. The van der Waals surface area contributed by atoms with Crippen LogP contribution in [-0.4, -0.2) is 36.3 Å². The van der Waals surface area contributed by atoms with Crippen molar-refractivity contribution >= 4 is 22.4 Å². The summed E-state index contributed by atoms with van der Waals surface area (Å²) in [6.07, 6.45) is 8.77. The van der Waals surface area contributed by atoms with Crippen LogP contribution in [0, 0.1) is 12.8 Å². The Morgan fingerprint density at radius 1 is 1.13 bits per heavy atom. The first-order chi connectivity index (χ1) is 14.6. The molecule has 4 heterocycles. The van der Waals surface area contributed by atoms with Crippen molar-refractivity contribution in [2.24, 2.45) is 5.92 Å². The summed E-state index contributed by atoms with van der Waals surface area (Å²) in [5, 5.41) is 15.4. The number of rotatable bonds is 5. The minimum Gasteiger partial charge on any atom is -0.383 e. The summed E-state index contributed by atoms with van der Waals surface area (Å²) < 4.78 is 0. The fraction of sp³-hybridized carbons (Fsp3) is 0.227. The molecule has 0 spiro atoms. The van der Waals surface area contributed by atoms with Gasteiger partial charge in [-0.3, -0.25) is 4.98 Å². The first kappa shape index (κ1) is 18.4. The molecule has 30 heavy (non-hydrogen) atoms. The molecule has 1 fully saturated rings. The molecule has 0 amide bonds. The normalized spacial score (nSPS) is 18.9. The number of aromatic nitrogens is 5. The highest BCUT2D eigenvalue weighted by molar-refractivity contribution is 5.94. The molecule has 8 heteroatoms. The van der Waals surface area contributed by atoms with Crippen LogP contribution in [0.4, 0.5) is 11.6 Å². The Balaban J connectivity index is 1.40. The third-order valence-corrected chi connectivity index (χ3v) is 5.52. The second-order valence-electron chi connectivity index (χ2n) is 7.58. The molecule has 4 N–H and O–H groups in total. The monoisotopic (exact) mass is 399 g/mol. The topological polar surface area (TPSA) is 123 Å². The maximum Gasteiger partial charge on any atom is 0.133 e. The van der Waals surface area contributed by atoms with Crippen molar-refractivity contribution in [3.63, 3.8) is 0 Å². The summed E-state index contributed by atoms with van der Waals surface area (Å²) in [6.45, 7) is 2.01. The van der Waals surface area contributed by atoms with Crippen molar-refractivity contribution in [2.45, 2.75) is 25.5 Å². The van der Waals surface area contributed by atoms with Crippen LogP contribution < -0.4 is 11.1 Å².